The molecule has 1 atom stereocenters. The molecule has 0 aromatic carbocycles. The molecule has 0 fully saturated rings. The van der Waals surface area contributed by atoms with Crippen molar-refractivity contribution in [2.75, 3.05) is 6.54 Å². The fourth-order valence-corrected chi connectivity index (χ4v) is 1.59. The molecule has 0 aliphatic heterocycles. The Labute approximate surface area is 103 Å². The summed E-state index contributed by atoms with van der Waals surface area (Å²) < 4.78 is 0. The van der Waals surface area contributed by atoms with Crippen molar-refractivity contribution in [2.45, 2.75) is 32.7 Å². The van der Waals surface area contributed by atoms with Crippen molar-refractivity contribution < 1.29 is 4.79 Å². The van der Waals surface area contributed by atoms with Gasteiger partial charge in [0.1, 0.15) is 0 Å². The van der Waals surface area contributed by atoms with Gasteiger partial charge in [0.05, 0.1) is 12.2 Å². The highest BCUT2D eigenvalue weighted by molar-refractivity contribution is 5.75. The molecular formula is C13H21N3O. The molecule has 1 amide bonds. The van der Waals surface area contributed by atoms with Crippen LogP contribution in [-0.2, 0) is 11.3 Å². The predicted octanol–water partition coefficient (Wildman–Crippen LogP) is 1.46. The number of hydrogen-bond acceptors (Lipinski definition) is 3. The lowest BCUT2D eigenvalue weighted by atomic mass is 10.0. The van der Waals surface area contributed by atoms with Gasteiger partial charge in [0, 0.05) is 12.6 Å². The number of nitrogens with two attached hydrogens (primary N) is 1. The van der Waals surface area contributed by atoms with E-state index >= 15 is 0 Å². The molecule has 0 saturated heterocycles. The van der Waals surface area contributed by atoms with Crippen LogP contribution < -0.4 is 11.1 Å². The summed E-state index contributed by atoms with van der Waals surface area (Å²) in [6.07, 6.45) is 4.16. The average molecular weight is 235 g/mol. The van der Waals surface area contributed by atoms with E-state index in [2.05, 4.69) is 17.2 Å². The van der Waals surface area contributed by atoms with Gasteiger partial charge < -0.3 is 11.1 Å². The number of aromatic nitrogens is 1. The molecular weight excluding hydrogens is 214 g/mol. The van der Waals surface area contributed by atoms with Crippen LogP contribution in [0.5, 0.6) is 0 Å². The van der Waals surface area contributed by atoms with E-state index in [1.54, 1.807) is 6.20 Å². The molecule has 3 N–H and O–H groups in total. The lowest BCUT2D eigenvalue weighted by Crippen LogP contribution is -2.23. The Morgan fingerprint density at radius 2 is 2.29 bits per heavy atom. The molecule has 0 aliphatic carbocycles. The smallest absolute Gasteiger partial charge is 0.220 e. The lowest BCUT2D eigenvalue weighted by molar-refractivity contribution is -0.121. The van der Waals surface area contributed by atoms with Crippen LogP contribution in [0.3, 0.4) is 0 Å². The molecule has 0 bridgehead atoms. The maximum atomic E-state index is 11.6. The van der Waals surface area contributed by atoms with Crippen molar-refractivity contribution in [3.8, 4) is 0 Å². The molecule has 1 aromatic rings. The van der Waals surface area contributed by atoms with Gasteiger partial charge in [-0.2, -0.15) is 0 Å². The Balaban J connectivity index is 2.17. The Morgan fingerprint density at radius 1 is 1.47 bits per heavy atom. The van der Waals surface area contributed by atoms with Crippen molar-refractivity contribution in [2.24, 2.45) is 11.7 Å². The summed E-state index contributed by atoms with van der Waals surface area (Å²) in [5.74, 6) is 0.597. The number of pyridine rings is 1. The van der Waals surface area contributed by atoms with Crippen molar-refractivity contribution in [1.82, 2.24) is 10.3 Å². The van der Waals surface area contributed by atoms with Crippen LogP contribution in [-0.4, -0.2) is 17.4 Å². The van der Waals surface area contributed by atoms with Gasteiger partial charge in [0.25, 0.3) is 0 Å². The molecule has 4 heteroatoms. The van der Waals surface area contributed by atoms with Crippen molar-refractivity contribution in [1.29, 1.82) is 0 Å². The zero-order valence-electron chi connectivity index (χ0n) is 10.4. The molecule has 1 aromatic heterocycles. The van der Waals surface area contributed by atoms with Crippen LogP contribution >= 0.6 is 0 Å². The number of nitrogens with one attached hydrogen (secondary N) is 1. The van der Waals surface area contributed by atoms with Gasteiger partial charge in [0.15, 0.2) is 0 Å². The molecule has 17 heavy (non-hydrogen) atoms. The Bertz CT molecular complexity index is 327. The molecule has 0 radical (unpaired) electrons. The van der Waals surface area contributed by atoms with E-state index in [9.17, 15) is 4.79 Å². The van der Waals surface area contributed by atoms with Crippen LogP contribution in [0.4, 0.5) is 0 Å². The highest BCUT2D eigenvalue weighted by Crippen LogP contribution is 2.08. The van der Waals surface area contributed by atoms with E-state index in [0.29, 0.717) is 25.4 Å². The van der Waals surface area contributed by atoms with Crippen LogP contribution in [0.15, 0.2) is 24.4 Å². The topological polar surface area (TPSA) is 68.0 Å². The van der Waals surface area contributed by atoms with E-state index in [0.717, 1.165) is 18.5 Å². The highest BCUT2D eigenvalue weighted by atomic mass is 16.1. The van der Waals surface area contributed by atoms with E-state index in [1.807, 2.05) is 18.2 Å². The summed E-state index contributed by atoms with van der Waals surface area (Å²) in [7, 11) is 0. The van der Waals surface area contributed by atoms with Gasteiger partial charge in [0.2, 0.25) is 5.91 Å². The Morgan fingerprint density at radius 3 is 2.94 bits per heavy atom. The maximum absolute atomic E-state index is 11.6. The normalized spacial score (nSPS) is 12.1. The van der Waals surface area contributed by atoms with E-state index in [4.69, 9.17) is 5.73 Å². The monoisotopic (exact) mass is 235 g/mol. The third kappa shape index (κ3) is 6.02. The second kappa shape index (κ2) is 7.79. The predicted molar refractivity (Wildman–Crippen MR) is 68.2 cm³/mol. The van der Waals surface area contributed by atoms with Crippen molar-refractivity contribution in [3.63, 3.8) is 0 Å². The summed E-state index contributed by atoms with van der Waals surface area (Å²) in [4.78, 5) is 15.7. The molecule has 94 valence electrons. The fourth-order valence-electron chi connectivity index (χ4n) is 1.59. The molecule has 4 nitrogen and oxygen atoms in total. The first kappa shape index (κ1) is 13.6. The van der Waals surface area contributed by atoms with Gasteiger partial charge >= 0.3 is 0 Å². The first-order valence-corrected chi connectivity index (χ1v) is 6.09. The van der Waals surface area contributed by atoms with Crippen LogP contribution in [0.2, 0.25) is 0 Å². The zero-order chi connectivity index (χ0) is 12.5. The second-order valence-corrected chi connectivity index (χ2v) is 4.32. The minimum atomic E-state index is 0.0829. The fraction of sp³-hybridized carbons (Fsp3) is 0.538. The summed E-state index contributed by atoms with van der Waals surface area (Å²) >= 11 is 0. The van der Waals surface area contributed by atoms with Gasteiger partial charge in [-0.1, -0.05) is 13.0 Å². The SMILES string of the molecule is CC(CCN)CCC(=O)NCc1ccccn1. The number of nitrogens with zero attached hydrogens (tertiary/aromatic N) is 1. The standard InChI is InChI=1S/C13H21N3O/c1-11(7-8-14)5-6-13(17)16-10-12-4-2-3-9-15-12/h2-4,9,11H,5-8,10,14H2,1H3,(H,16,17). The summed E-state index contributed by atoms with van der Waals surface area (Å²) in [5.41, 5.74) is 6.35. The zero-order valence-corrected chi connectivity index (χ0v) is 10.4. The van der Waals surface area contributed by atoms with Crippen molar-refractivity contribution in [3.05, 3.63) is 30.1 Å². The van der Waals surface area contributed by atoms with Crippen molar-refractivity contribution >= 4 is 5.91 Å². The molecule has 0 aliphatic rings. The molecule has 1 unspecified atom stereocenters. The third-order valence-corrected chi connectivity index (χ3v) is 2.72. The number of rotatable bonds is 7. The van der Waals surface area contributed by atoms with Gasteiger partial charge in [-0.15, -0.1) is 0 Å². The number of amides is 1. The average Bonchev–Trinajstić information content (AvgIpc) is 2.35. The number of hydrogen-bond donors (Lipinski definition) is 2. The largest absolute Gasteiger partial charge is 0.350 e. The highest BCUT2D eigenvalue weighted by Gasteiger charge is 2.06. The van der Waals surface area contributed by atoms with E-state index in [-0.39, 0.29) is 5.91 Å². The minimum Gasteiger partial charge on any atom is -0.350 e. The Hall–Kier alpha value is -1.42. The molecule has 1 rings (SSSR count). The van der Waals surface area contributed by atoms with E-state index < -0.39 is 0 Å². The first-order chi connectivity index (χ1) is 8.22. The second-order valence-electron chi connectivity index (χ2n) is 4.32. The maximum Gasteiger partial charge on any atom is 0.220 e. The minimum absolute atomic E-state index is 0.0829. The third-order valence-electron chi connectivity index (χ3n) is 2.72. The number of carbonyl (C=O) groups excluding carboxylic acids is 1. The van der Waals surface area contributed by atoms with Crippen LogP contribution in [0.1, 0.15) is 31.9 Å². The summed E-state index contributed by atoms with van der Waals surface area (Å²) in [5, 5.41) is 2.86. The van der Waals surface area contributed by atoms with Gasteiger partial charge in [-0.3, -0.25) is 9.78 Å². The molecule has 0 spiro atoms. The van der Waals surface area contributed by atoms with Crippen LogP contribution in [0.25, 0.3) is 0 Å². The van der Waals surface area contributed by atoms with E-state index in [1.165, 1.54) is 0 Å². The number of carbonyl (C=O) groups is 1. The Kier molecular flexibility index (Phi) is 6.25. The molecule has 1 heterocycles. The summed E-state index contributed by atoms with van der Waals surface area (Å²) in [6, 6.07) is 5.68. The van der Waals surface area contributed by atoms with Gasteiger partial charge in [-0.25, -0.2) is 0 Å². The van der Waals surface area contributed by atoms with Crippen LogP contribution in [0, 0.1) is 5.92 Å². The molecule has 0 saturated carbocycles. The summed E-state index contributed by atoms with van der Waals surface area (Å²) in [6.45, 7) is 3.32. The quantitative estimate of drug-likeness (QED) is 0.752. The first-order valence-electron chi connectivity index (χ1n) is 6.09. The lowest BCUT2D eigenvalue weighted by Gasteiger charge is -2.09. The van der Waals surface area contributed by atoms with Gasteiger partial charge in [-0.05, 0) is 37.4 Å².